The van der Waals surface area contributed by atoms with E-state index in [-0.39, 0.29) is 5.41 Å². The largest absolute Gasteiger partial charge is 0.416 e. The summed E-state index contributed by atoms with van der Waals surface area (Å²) < 4.78 is 39.4. The second-order valence-electron chi connectivity index (χ2n) is 9.27. The number of hydrogen-bond acceptors (Lipinski definition) is 2. The average molecular weight is 454 g/mol. The summed E-state index contributed by atoms with van der Waals surface area (Å²) in [7, 11) is 0. The highest BCUT2D eigenvalue weighted by Gasteiger charge is 2.37. The lowest BCUT2D eigenvalue weighted by Crippen LogP contribution is -2.44. The predicted molar refractivity (Wildman–Crippen MR) is 125 cm³/mol. The van der Waals surface area contributed by atoms with Crippen molar-refractivity contribution in [3.05, 3.63) is 107 Å². The van der Waals surface area contributed by atoms with E-state index in [1.807, 2.05) is 12.1 Å². The lowest BCUT2D eigenvalue weighted by molar-refractivity contribution is -0.137. The minimum atomic E-state index is -4.41. The molecule has 1 aliphatic rings. The first kappa shape index (κ1) is 23.5. The molecule has 0 spiro atoms. The zero-order valence-electron chi connectivity index (χ0n) is 18.9. The average Bonchev–Trinajstić information content (AvgIpc) is 2.84. The molecule has 0 aromatic heterocycles. The Hall–Kier alpha value is -2.63. The maximum Gasteiger partial charge on any atom is 0.416 e. The Morgan fingerprint density at radius 2 is 1.30 bits per heavy atom. The second kappa shape index (κ2) is 9.32. The molecule has 0 radical (unpaired) electrons. The van der Waals surface area contributed by atoms with Crippen molar-refractivity contribution < 1.29 is 18.3 Å². The van der Waals surface area contributed by atoms with E-state index < -0.39 is 17.3 Å². The maximum atomic E-state index is 13.1. The third-order valence-corrected chi connectivity index (χ3v) is 7.16. The molecule has 1 fully saturated rings. The molecule has 0 unspecified atom stereocenters. The monoisotopic (exact) mass is 453 g/mol. The first-order valence-electron chi connectivity index (χ1n) is 11.4. The van der Waals surface area contributed by atoms with E-state index in [4.69, 9.17) is 0 Å². The summed E-state index contributed by atoms with van der Waals surface area (Å²) in [5.74, 6) is 0. The molecule has 1 saturated heterocycles. The predicted octanol–water partition coefficient (Wildman–Crippen LogP) is 6.39. The number of nitrogens with zero attached hydrogens (tertiary/aromatic N) is 1. The lowest BCUT2D eigenvalue weighted by atomic mass is 9.73. The lowest BCUT2D eigenvalue weighted by Gasteiger charge is -2.40. The van der Waals surface area contributed by atoms with E-state index >= 15 is 0 Å². The van der Waals surface area contributed by atoms with Crippen molar-refractivity contribution in [2.24, 2.45) is 0 Å². The summed E-state index contributed by atoms with van der Waals surface area (Å²) >= 11 is 0. The van der Waals surface area contributed by atoms with Gasteiger partial charge in [-0.2, -0.15) is 13.2 Å². The van der Waals surface area contributed by atoms with Crippen LogP contribution in [0.25, 0.3) is 0 Å². The van der Waals surface area contributed by atoms with Gasteiger partial charge in [-0.3, -0.25) is 0 Å². The summed E-state index contributed by atoms with van der Waals surface area (Å²) in [6, 6.07) is 26.1. The molecule has 4 rings (SSSR count). The minimum Gasteiger partial charge on any atom is -0.385 e. The Kier molecular flexibility index (Phi) is 6.64. The van der Waals surface area contributed by atoms with Crippen LogP contribution in [0.3, 0.4) is 0 Å². The number of halogens is 3. The zero-order chi connectivity index (χ0) is 23.5. The van der Waals surface area contributed by atoms with E-state index in [1.54, 1.807) is 6.07 Å². The first-order valence-corrected chi connectivity index (χ1v) is 11.4. The van der Waals surface area contributed by atoms with Crippen LogP contribution in [-0.4, -0.2) is 29.6 Å². The smallest absolute Gasteiger partial charge is 0.385 e. The van der Waals surface area contributed by atoms with Crippen molar-refractivity contribution in [2.75, 3.05) is 19.6 Å². The van der Waals surface area contributed by atoms with Gasteiger partial charge in [-0.15, -0.1) is 0 Å². The Balaban J connectivity index is 1.45. The molecule has 1 N–H and O–H groups in total. The second-order valence-corrected chi connectivity index (χ2v) is 9.27. The number of rotatable bonds is 6. The van der Waals surface area contributed by atoms with Gasteiger partial charge < -0.3 is 10.0 Å². The number of piperidine rings is 1. The van der Waals surface area contributed by atoms with Crippen LogP contribution in [0.5, 0.6) is 0 Å². The van der Waals surface area contributed by atoms with Crippen molar-refractivity contribution in [3.63, 3.8) is 0 Å². The van der Waals surface area contributed by atoms with E-state index in [1.165, 1.54) is 17.2 Å². The van der Waals surface area contributed by atoms with Crippen LogP contribution < -0.4 is 0 Å². The fourth-order valence-electron chi connectivity index (χ4n) is 4.87. The first-order chi connectivity index (χ1) is 15.7. The molecule has 5 heteroatoms. The van der Waals surface area contributed by atoms with E-state index in [0.717, 1.165) is 25.1 Å². The molecule has 1 aliphatic heterocycles. The van der Waals surface area contributed by atoms with E-state index in [9.17, 15) is 18.3 Å². The van der Waals surface area contributed by atoms with E-state index in [2.05, 4.69) is 60.4 Å². The molecular formula is C28H30F3NO. The summed E-state index contributed by atoms with van der Waals surface area (Å²) in [5, 5.41) is 11.1. The van der Waals surface area contributed by atoms with Crippen LogP contribution in [0.2, 0.25) is 0 Å². The normalized spacial score (nSPS) is 17.1. The van der Waals surface area contributed by atoms with Gasteiger partial charge in [0.2, 0.25) is 0 Å². The van der Waals surface area contributed by atoms with Gasteiger partial charge >= 0.3 is 6.18 Å². The topological polar surface area (TPSA) is 23.5 Å². The van der Waals surface area contributed by atoms with Gasteiger partial charge in [0.1, 0.15) is 0 Å². The van der Waals surface area contributed by atoms with Gasteiger partial charge in [0.15, 0.2) is 0 Å². The van der Waals surface area contributed by atoms with Gasteiger partial charge in [-0.1, -0.05) is 79.7 Å². The Bertz CT molecular complexity index is 1000. The minimum absolute atomic E-state index is 0.155. The number of alkyl halides is 3. The molecule has 0 aliphatic carbocycles. The molecule has 0 atom stereocenters. The molecule has 3 aromatic carbocycles. The van der Waals surface area contributed by atoms with Crippen molar-refractivity contribution in [3.8, 4) is 0 Å². The van der Waals surface area contributed by atoms with Gasteiger partial charge in [0.25, 0.3) is 0 Å². The highest BCUT2D eigenvalue weighted by atomic mass is 19.4. The van der Waals surface area contributed by atoms with Crippen LogP contribution in [0, 0.1) is 0 Å². The van der Waals surface area contributed by atoms with Crippen LogP contribution in [0.1, 0.15) is 48.4 Å². The Morgan fingerprint density at radius 3 is 1.82 bits per heavy atom. The molecule has 3 aromatic rings. The molecule has 2 nitrogen and oxygen atoms in total. The fraction of sp³-hybridized carbons (Fsp3) is 0.357. The van der Waals surface area contributed by atoms with Crippen LogP contribution >= 0.6 is 0 Å². The molecule has 174 valence electrons. The van der Waals surface area contributed by atoms with Crippen LogP contribution in [0.15, 0.2) is 84.9 Å². The number of benzene rings is 3. The molecular weight excluding hydrogens is 423 g/mol. The van der Waals surface area contributed by atoms with Crippen molar-refractivity contribution >= 4 is 0 Å². The van der Waals surface area contributed by atoms with E-state index in [0.29, 0.717) is 31.5 Å². The van der Waals surface area contributed by atoms with Gasteiger partial charge in [0, 0.05) is 18.5 Å². The van der Waals surface area contributed by atoms with Crippen molar-refractivity contribution in [1.29, 1.82) is 0 Å². The Labute approximate surface area is 193 Å². The van der Waals surface area contributed by atoms with Gasteiger partial charge in [-0.25, -0.2) is 0 Å². The summed E-state index contributed by atoms with van der Waals surface area (Å²) in [5.41, 5.74) is 0.784. The fourth-order valence-corrected chi connectivity index (χ4v) is 4.87. The highest BCUT2D eigenvalue weighted by Crippen LogP contribution is 2.39. The third kappa shape index (κ3) is 5.15. The molecule has 0 bridgehead atoms. The maximum absolute atomic E-state index is 13.1. The SMILES string of the molecule is CC(CCN1CCC(O)(c2cccc(C(F)(F)F)c2)CC1)(c1ccccc1)c1ccccc1. The third-order valence-electron chi connectivity index (χ3n) is 7.16. The molecule has 1 heterocycles. The van der Waals surface area contributed by atoms with Gasteiger partial charge in [-0.05, 0) is 54.6 Å². The summed E-state index contributed by atoms with van der Waals surface area (Å²) in [6.07, 6.45) is -2.67. The van der Waals surface area contributed by atoms with Crippen LogP contribution in [0.4, 0.5) is 13.2 Å². The number of hydrogen-bond donors (Lipinski definition) is 1. The van der Waals surface area contributed by atoms with Crippen molar-refractivity contribution in [2.45, 2.75) is 43.4 Å². The molecule has 0 saturated carbocycles. The quantitative estimate of drug-likeness (QED) is 0.468. The standard InChI is InChI=1S/C28H30F3NO/c1-26(22-9-4-2-5-10-22,23-11-6-3-7-12-23)15-18-32-19-16-27(33,17-20-32)24-13-8-14-25(21-24)28(29,30)31/h2-14,21,33H,15-20H2,1H3. The molecule has 33 heavy (non-hydrogen) atoms. The number of aliphatic hydroxyl groups is 1. The van der Waals surface area contributed by atoms with Crippen molar-refractivity contribution in [1.82, 2.24) is 4.90 Å². The summed E-state index contributed by atoms with van der Waals surface area (Å²) in [4.78, 5) is 2.31. The highest BCUT2D eigenvalue weighted by molar-refractivity contribution is 5.38. The molecule has 0 amide bonds. The zero-order valence-corrected chi connectivity index (χ0v) is 18.9. The Morgan fingerprint density at radius 1 is 0.788 bits per heavy atom. The summed E-state index contributed by atoms with van der Waals surface area (Å²) in [6.45, 7) is 4.40. The number of likely N-dealkylation sites (tertiary alicyclic amines) is 1. The van der Waals surface area contributed by atoms with Gasteiger partial charge in [0.05, 0.1) is 11.2 Å². The van der Waals surface area contributed by atoms with Crippen LogP contribution in [-0.2, 0) is 17.2 Å².